The van der Waals surface area contributed by atoms with Crippen LogP contribution in [0.2, 0.25) is 5.02 Å². The minimum absolute atomic E-state index is 0.0941. The third-order valence-corrected chi connectivity index (χ3v) is 6.05. The number of carbonyl (C=O) groups excluding carboxylic acids is 2. The number of aromatic amines is 1. The van der Waals surface area contributed by atoms with Gasteiger partial charge in [0, 0.05) is 22.5 Å². The van der Waals surface area contributed by atoms with Crippen molar-refractivity contribution in [2.24, 2.45) is 16.8 Å². The first kappa shape index (κ1) is 20.2. The lowest BCUT2D eigenvalue weighted by atomic mass is 9.72. The van der Waals surface area contributed by atoms with E-state index in [1.807, 2.05) is 0 Å². The summed E-state index contributed by atoms with van der Waals surface area (Å²) in [6, 6.07) is 12.0. The number of H-pyrrole nitrogens is 1. The number of aliphatic imine (C=N–C) groups is 1. The fourth-order valence-electron chi connectivity index (χ4n) is 4.21. The fourth-order valence-corrected chi connectivity index (χ4v) is 4.39. The van der Waals surface area contributed by atoms with Crippen LogP contribution in [0.15, 0.2) is 76.6 Å². The number of aryl methyl sites for hydroxylation is 1. The lowest BCUT2D eigenvalue weighted by Gasteiger charge is -2.28. The first-order chi connectivity index (χ1) is 15.5. The molecule has 2 atom stereocenters. The van der Waals surface area contributed by atoms with Crippen molar-refractivity contribution in [3.05, 3.63) is 105 Å². The van der Waals surface area contributed by atoms with Gasteiger partial charge in [-0.25, -0.2) is 4.68 Å². The van der Waals surface area contributed by atoms with Crippen LogP contribution in [0.3, 0.4) is 0 Å². The van der Waals surface area contributed by atoms with Gasteiger partial charge in [-0.3, -0.25) is 24.5 Å². The monoisotopic (exact) mass is 443 g/mol. The summed E-state index contributed by atoms with van der Waals surface area (Å²) in [6.45, 7) is 1.77. The Morgan fingerprint density at radius 3 is 2.47 bits per heavy atom. The Labute approximate surface area is 188 Å². The Balaban J connectivity index is 1.56. The lowest BCUT2D eigenvalue weighted by Crippen LogP contribution is -2.35. The van der Waals surface area contributed by atoms with Gasteiger partial charge in [-0.15, -0.1) is 0 Å². The second-order valence-corrected chi connectivity index (χ2v) is 8.22. The lowest BCUT2D eigenvalue weighted by molar-refractivity contribution is 0.0802. The zero-order valence-electron chi connectivity index (χ0n) is 17.1. The van der Waals surface area contributed by atoms with E-state index in [-0.39, 0.29) is 17.1 Å². The number of benzene rings is 2. The van der Waals surface area contributed by atoms with Gasteiger partial charge in [0.25, 0.3) is 5.56 Å². The van der Waals surface area contributed by atoms with Crippen LogP contribution >= 0.6 is 11.6 Å². The molecule has 0 bridgehead atoms. The average Bonchev–Trinajstić information content (AvgIpc) is 3.09. The zero-order chi connectivity index (χ0) is 22.4. The Kier molecular flexibility index (Phi) is 4.87. The first-order valence-electron chi connectivity index (χ1n) is 10.1. The van der Waals surface area contributed by atoms with E-state index in [4.69, 9.17) is 11.6 Å². The van der Waals surface area contributed by atoms with Crippen LogP contribution in [0, 0.1) is 18.8 Å². The van der Waals surface area contributed by atoms with Gasteiger partial charge in [-0.05, 0) is 31.2 Å². The number of Topliss-reactive ketones (excluding diaryl/α,β-unsaturated/α-hetero) is 2. The highest BCUT2D eigenvalue weighted by atomic mass is 35.5. The molecule has 2 aromatic carbocycles. The molecule has 0 saturated carbocycles. The molecule has 1 heterocycles. The maximum Gasteiger partial charge on any atom is 0.280 e. The van der Waals surface area contributed by atoms with Crippen LogP contribution in [-0.4, -0.2) is 27.6 Å². The molecule has 158 valence electrons. The van der Waals surface area contributed by atoms with E-state index >= 15 is 0 Å². The standard InChI is InChI=1S/C25H18ClN3O3/c1-14-20(25(32)29(28-14)16-7-4-6-15(26)12-16)13-27-21-11-5-10-19-22(21)24(31)18-9-3-2-8-17(18)23(19)30/h2-13,17-18,28H,1H3/t17-,18-/m1/s1. The van der Waals surface area contributed by atoms with Crippen LogP contribution in [0.4, 0.5) is 5.69 Å². The average molecular weight is 444 g/mol. The number of allylic oxidation sites excluding steroid dienone is 4. The van der Waals surface area contributed by atoms with Gasteiger partial charge in [-0.1, -0.05) is 54.1 Å². The molecule has 0 unspecified atom stereocenters. The minimum atomic E-state index is -0.523. The second-order valence-electron chi connectivity index (χ2n) is 7.78. The molecule has 7 heteroatoms. The number of ketones is 2. The number of carbonyl (C=O) groups is 2. The summed E-state index contributed by atoms with van der Waals surface area (Å²) in [5.74, 6) is -1.23. The Bertz CT molecular complexity index is 1420. The molecule has 0 aliphatic heterocycles. The molecule has 5 rings (SSSR count). The Morgan fingerprint density at radius 2 is 1.72 bits per heavy atom. The van der Waals surface area contributed by atoms with Crippen molar-refractivity contribution in [1.29, 1.82) is 0 Å². The van der Waals surface area contributed by atoms with Gasteiger partial charge < -0.3 is 0 Å². The predicted octanol–water partition coefficient (Wildman–Crippen LogP) is 4.62. The number of hydrogen-bond donors (Lipinski definition) is 1. The highest BCUT2D eigenvalue weighted by Gasteiger charge is 2.40. The summed E-state index contributed by atoms with van der Waals surface area (Å²) in [4.78, 5) is 43.6. The molecule has 0 amide bonds. The number of fused-ring (bicyclic) bond motifs is 2. The molecular formula is C25H18ClN3O3. The van der Waals surface area contributed by atoms with Crippen molar-refractivity contribution in [2.75, 3.05) is 0 Å². The van der Waals surface area contributed by atoms with Crippen molar-refractivity contribution in [1.82, 2.24) is 9.78 Å². The number of rotatable bonds is 3. The number of nitrogens with one attached hydrogen (secondary N) is 1. The third kappa shape index (κ3) is 3.20. The molecule has 6 nitrogen and oxygen atoms in total. The summed E-state index contributed by atoms with van der Waals surface area (Å²) >= 11 is 6.05. The molecule has 0 saturated heterocycles. The second kappa shape index (κ2) is 7.73. The maximum atomic E-state index is 13.2. The zero-order valence-corrected chi connectivity index (χ0v) is 17.8. The van der Waals surface area contributed by atoms with E-state index in [1.54, 1.807) is 73.7 Å². The Hall–Kier alpha value is -3.77. The summed E-state index contributed by atoms with van der Waals surface area (Å²) in [7, 11) is 0. The van der Waals surface area contributed by atoms with E-state index in [0.29, 0.717) is 38.8 Å². The molecule has 2 aliphatic carbocycles. The first-order valence-corrected chi connectivity index (χ1v) is 10.5. The van der Waals surface area contributed by atoms with E-state index in [1.165, 1.54) is 10.9 Å². The molecule has 3 aromatic rings. The highest BCUT2D eigenvalue weighted by Crippen LogP contribution is 2.38. The molecule has 1 N–H and O–H groups in total. The Morgan fingerprint density at radius 1 is 1.00 bits per heavy atom. The number of nitrogens with zero attached hydrogens (tertiary/aromatic N) is 2. The smallest absolute Gasteiger partial charge is 0.280 e. The molecule has 0 fully saturated rings. The molecular weight excluding hydrogens is 426 g/mol. The van der Waals surface area contributed by atoms with Crippen LogP contribution in [0.5, 0.6) is 0 Å². The van der Waals surface area contributed by atoms with Crippen LogP contribution in [0.1, 0.15) is 32.0 Å². The van der Waals surface area contributed by atoms with E-state index in [2.05, 4.69) is 10.1 Å². The van der Waals surface area contributed by atoms with E-state index in [0.717, 1.165) is 0 Å². The molecule has 32 heavy (non-hydrogen) atoms. The van der Waals surface area contributed by atoms with Gasteiger partial charge in [0.05, 0.1) is 34.3 Å². The number of halogens is 1. The van der Waals surface area contributed by atoms with E-state index in [9.17, 15) is 14.4 Å². The summed E-state index contributed by atoms with van der Waals surface area (Å²) in [6.07, 6.45) is 8.54. The third-order valence-electron chi connectivity index (χ3n) is 5.81. The summed E-state index contributed by atoms with van der Waals surface area (Å²) in [5.41, 5.74) is 2.33. The van der Waals surface area contributed by atoms with Gasteiger partial charge in [0.2, 0.25) is 0 Å². The number of aromatic nitrogens is 2. The van der Waals surface area contributed by atoms with Gasteiger partial charge >= 0.3 is 0 Å². The normalized spacial score (nSPS) is 19.4. The van der Waals surface area contributed by atoms with Gasteiger partial charge in [-0.2, -0.15) is 0 Å². The van der Waals surface area contributed by atoms with Crippen molar-refractivity contribution in [3.8, 4) is 5.69 Å². The van der Waals surface area contributed by atoms with Gasteiger partial charge in [0.15, 0.2) is 11.6 Å². The molecule has 1 aromatic heterocycles. The maximum absolute atomic E-state index is 13.2. The predicted molar refractivity (Wildman–Crippen MR) is 124 cm³/mol. The van der Waals surface area contributed by atoms with Crippen LogP contribution in [-0.2, 0) is 0 Å². The quantitative estimate of drug-likeness (QED) is 0.599. The number of hydrogen-bond acceptors (Lipinski definition) is 4. The fraction of sp³-hybridized carbons (Fsp3) is 0.120. The molecule has 0 spiro atoms. The van der Waals surface area contributed by atoms with E-state index < -0.39 is 11.8 Å². The van der Waals surface area contributed by atoms with Crippen LogP contribution < -0.4 is 5.56 Å². The van der Waals surface area contributed by atoms with Crippen molar-refractivity contribution in [2.45, 2.75) is 6.92 Å². The minimum Gasteiger partial charge on any atom is -0.295 e. The van der Waals surface area contributed by atoms with Gasteiger partial charge in [0.1, 0.15) is 0 Å². The van der Waals surface area contributed by atoms with Crippen molar-refractivity contribution < 1.29 is 9.59 Å². The SMILES string of the molecule is Cc1[nH]n(-c2cccc(Cl)c2)c(=O)c1C=Nc1cccc2c1C(=O)[C@@H]1C=CC=C[C@H]1C2=O. The van der Waals surface area contributed by atoms with Crippen molar-refractivity contribution in [3.63, 3.8) is 0 Å². The van der Waals surface area contributed by atoms with Crippen molar-refractivity contribution >= 4 is 35.1 Å². The summed E-state index contributed by atoms with van der Waals surface area (Å²) < 4.78 is 1.39. The van der Waals surface area contributed by atoms with Crippen LogP contribution in [0.25, 0.3) is 5.69 Å². The molecule has 0 radical (unpaired) electrons. The highest BCUT2D eigenvalue weighted by molar-refractivity contribution is 6.30. The molecule has 2 aliphatic rings. The summed E-state index contributed by atoms with van der Waals surface area (Å²) in [5, 5.41) is 3.54. The topological polar surface area (TPSA) is 84.3 Å². The largest absolute Gasteiger partial charge is 0.295 e.